The Labute approximate surface area is 146 Å². The van der Waals surface area contributed by atoms with Gasteiger partial charge in [-0.25, -0.2) is 9.69 Å². The number of amides is 4. The zero-order chi connectivity index (χ0) is 18.2. The molecule has 134 valence electrons. The van der Waals surface area contributed by atoms with Crippen molar-refractivity contribution in [3.63, 3.8) is 0 Å². The van der Waals surface area contributed by atoms with Gasteiger partial charge in [0.15, 0.2) is 0 Å². The number of imide groups is 1. The summed E-state index contributed by atoms with van der Waals surface area (Å²) < 4.78 is 4.98. The lowest BCUT2D eigenvalue weighted by Crippen LogP contribution is -2.46. The van der Waals surface area contributed by atoms with Crippen molar-refractivity contribution in [1.82, 2.24) is 5.32 Å². The number of hydrogen-bond donors (Lipinski definition) is 2. The standard InChI is InChI=1S/C18H23N3O4/c1-11(10-25-3)15(22)19-13-5-4-6-14(9-13)21-16(23)18(2,12-7-8-12)20-17(21)24/h4-6,9,11-12H,7-8,10H2,1-3H3,(H,19,22)(H,20,24)/t11-,18+/m1/s1. The molecule has 4 amide bonds. The van der Waals surface area contributed by atoms with Crippen LogP contribution in [-0.2, 0) is 14.3 Å². The normalized spacial score (nSPS) is 24.2. The van der Waals surface area contributed by atoms with Crippen molar-refractivity contribution in [3.8, 4) is 0 Å². The Balaban J connectivity index is 1.78. The number of carbonyl (C=O) groups excluding carboxylic acids is 3. The number of carbonyl (C=O) groups is 3. The maximum Gasteiger partial charge on any atom is 0.329 e. The number of rotatable bonds is 6. The highest BCUT2D eigenvalue weighted by Crippen LogP contribution is 2.43. The van der Waals surface area contributed by atoms with Crippen LogP contribution in [0.3, 0.4) is 0 Å². The average molecular weight is 345 g/mol. The average Bonchev–Trinajstić information content (AvgIpc) is 3.37. The van der Waals surface area contributed by atoms with Crippen LogP contribution in [0.15, 0.2) is 24.3 Å². The highest BCUT2D eigenvalue weighted by Gasteiger charge is 2.56. The highest BCUT2D eigenvalue weighted by atomic mass is 16.5. The van der Waals surface area contributed by atoms with Gasteiger partial charge in [-0.1, -0.05) is 13.0 Å². The molecule has 2 aliphatic rings. The Morgan fingerprint density at radius 3 is 2.80 bits per heavy atom. The summed E-state index contributed by atoms with van der Waals surface area (Å²) in [5, 5.41) is 5.61. The molecule has 1 heterocycles. The summed E-state index contributed by atoms with van der Waals surface area (Å²) in [4.78, 5) is 38.4. The first-order chi connectivity index (χ1) is 11.9. The van der Waals surface area contributed by atoms with Crippen molar-refractivity contribution in [3.05, 3.63) is 24.3 Å². The van der Waals surface area contributed by atoms with E-state index in [9.17, 15) is 14.4 Å². The summed E-state index contributed by atoms with van der Waals surface area (Å²) in [7, 11) is 1.54. The lowest BCUT2D eigenvalue weighted by molar-refractivity contribution is -0.122. The first-order valence-corrected chi connectivity index (χ1v) is 8.43. The second-order valence-electron chi connectivity index (χ2n) is 6.94. The smallest absolute Gasteiger partial charge is 0.329 e. The topological polar surface area (TPSA) is 87.7 Å². The van der Waals surface area contributed by atoms with Gasteiger partial charge in [-0.3, -0.25) is 9.59 Å². The molecule has 1 aliphatic heterocycles. The van der Waals surface area contributed by atoms with Gasteiger partial charge in [0.2, 0.25) is 5.91 Å². The lowest BCUT2D eigenvalue weighted by atomic mass is 9.96. The Morgan fingerprint density at radius 1 is 1.44 bits per heavy atom. The molecule has 2 atom stereocenters. The fourth-order valence-corrected chi connectivity index (χ4v) is 3.14. The summed E-state index contributed by atoms with van der Waals surface area (Å²) in [6, 6.07) is 6.33. The molecule has 25 heavy (non-hydrogen) atoms. The van der Waals surface area contributed by atoms with Gasteiger partial charge in [0, 0.05) is 12.8 Å². The van der Waals surface area contributed by atoms with Crippen LogP contribution in [0.1, 0.15) is 26.7 Å². The molecule has 3 rings (SSSR count). The maximum atomic E-state index is 12.8. The van der Waals surface area contributed by atoms with Crippen LogP contribution in [-0.4, -0.2) is 37.1 Å². The molecule has 0 aromatic heterocycles. The molecule has 2 fully saturated rings. The van der Waals surface area contributed by atoms with Gasteiger partial charge >= 0.3 is 6.03 Å². The number of urea groups is 1. The quantitative estimate of drug-likeness (QED) is 0.773. The molecule has 0 bridgehead atoms. The van der Waals surface area contributed by atoms with E-state index in [-0.39, 0.29) is 23.7 Å². The SMILES string of the molecule is COC[C@@H](C)C(=O)Nc1cccc(N2C(=O)N[C@@](C)(C3CC3)C2=O)c1. The summed E-state index contributed by atoms with van der Waals surface area (Å²) in [5.74, 6) is -0.523. The number of nitrogens with zero attached hydrogens (tertiary/aromatic N) is 1. The largest absolute Gasteiger partial charge is 0.384 e. The molecule has 2 N–H and O–H groups in total. The Hall–Kier alpha value is -2.41. The van der Waals surface area contributed by atoms with E-state index in [2.05, 4.69) is 10.6 Å². The maximum absolute atomic E-state index is 12.8. The summed E-state index contributed by atoms with van der Waals surface area (Å²) in [5.41, 5.74) is 0.152. The zero-order valence-corrected chi connectivity index (χ0v) is 14.7. The van der Waals surface area contributed by atoms with Crippen LogP contribution >= 0.6 is 0 Å². The van der Waals surface area contributed by atoms with Crippen molar-refractivity contribution < 1.29 is 19.1 Å². The van der Waals surface area contributed by atoms with Gasteiger partial charge in [-0.15, -0.1) is 0 Å². The minimum absolute atomic E-state index is 0.181. The van der Waals surface area contributed by atoms with Gasteiger partial charge in [0.05, 0.1) is 18.2 Å². The third-order valence-corrected chi connectivity index (χ3v) is 4.85. The van der Waals surface area contributed by atoms with Crippen molar-refractivity contribution in [2.45, 2.75) is 32.2 Å². The van der Waals surface area contributed by atoms with Gasteiger partial charge in [0.1, 0.15) is 5.54 Å². The Kier molecular flexibility index (Phi) is 4.51. The minimum atomic E-state index is -0.830. The molecular weight excluding hydrogens is 322 g/mol. The first-order valence-electron chi connectivity index (χ1n) is 8.43. The molecule has 1 aromatic carbocycles. The predicted molar refractivity (Wildman–Crippen MR) is 93.3 cm³/mol. The second kappa shape index (κ2) is 6.48. The molecule has 0 spiro atoms. The van der Waals surface area contributed by atoms with E-state index < -0.39 is 11.6 Å². The van der Waals surface area contributed by atoms with E-state index in [1.165, 1.54) is 0 Å². The third kappa shape index (κ3) is 3.24. The summed E-state index contributed by atoms with van der Waals surface area (Å²) in [6.07, 6.45) is 1.90. The predicted octanol–water partition coefficient (Wildman–Crippen LogP) is 2.13. The number of ether oxygens (including phenoxy) is 1. The molecule has 1 aliphatic carbocycles. The number of hydrogen-bond acceptors (Lipinski definition) is 4. The summed E-state index contributed by atoms with van der Waals surface area (Å²) >= 11 is 0. The number of nitrogens with one attached hydrogen (secondary N) is 2. The molecule has 0 unspecified atom stereocenters. The van der Waals surface area contributed by atoms with Crippen LogP contribution in [0, 0.1) is 11.8 Å². The van der Waals surface area contributed by atoms with E-state index in [1.807, 2.05) is 0 Å². The van der Waals surface area contributed by atoms with Gasteiger partial charge in [0.25, 0.3) is 5.91 Å². The van der Waals surface area contributed by atoms with Crippen molar-refractivity contribution in [2.75, 3.05) is 23.9 Å². The third-order valence-electron chi connectivity index (χ3n) is 4.85. The van der Waals surface area contributed by atoms with Crippen LogP contribution in [0.5, 0.6) is 0 Å². The lowest BCUT2D eigenvalue weighted by Gasteiger charge is -2.21. The Bertz CT molecular complexity index is 716. The van der Waals surface area contributed by atoms with Crippen molar-refractivity contribution in [2.24, 2.45) is 11.8 Å². The van der Waals surface area contributed by atoms with Crippen molar-refractivity contribution >= 4 is 29.2 Å². The molecule has 1 saturated heterocycles. The van der Waals surface area contributed by atoms with Gasteiger partial charge in [-0.2, -0.15) is 0 Å². The van der Waals surface area contributed by atoms with E-state index in [0.29, 0.717) is 18.0 Å². The number of benzene rings is 1. The molecule has 7 nitrogen and oxygen atoms in total. The molecule has 7 heteroatoms. The number of methoxy groups -OCH3 is 1. The fourth-order valence-electron chi connectivity index (χ4n) is 3.14. The highest BCUT2D eigenvalue weighted by molar-refractivity contribution is 6.23. The minimum Gasteiger partial charge on any atom is -0.384 e. The molecular formula is C18H23N3O4. The molecule has 1 saturated carbocycles. The van der Waals surface area contributed by atoms with E-state index >= 15 is 0 Å². The fraction of sp³-hybridized carbons (Fsp3) is 0.500. The van der Waals surface area contributed by atoms with Gasteiger partial charge in [-0.05, 0) is 43.9 Å². The molecule has 1 aromatic rings. The zero-order valence-electron chi connectivity index (χ0n) is 14.7. The van der Waals surface area contributed by atoms with E-state index in [0.717, 1.165) is 17.7 Å². The number of anilines is 2. The van der Waals surface area contributed by atoms with Crippen molar-refractivity contribution in [1.29, 1.82) is 0 Å². The van der Waals surface area contributed by atoms with E-state index in [4.69, 9.17) is 4.74 Å². The Morgan fingerprint density at radius 2 is 2.16 bits per heavy atom. The van der Waals surface area contributed by atoms with Crippen LogP contribution < -0.4 is 15.5 Å². The second-order valence-corrected chi connectivity index (χ2v) is 6.94. The summed E-state index contributed by atoms with van der Waals surface area (Å²) in [6.45, 7) is 3.86. The first kappa shape index (κ1) is 17.4. The van der Waals surface area contributed by atoms with E-state index in [1.54, 1.807) is 45.2 Å². The van der Waals surface area contributed by atoms with Crippen LogP contribution in [0.25, 0.3) is 0 Å². The van der Waals surface area contributed by atoms with Crippen LogP contribution in [0.2, 0.25) is 0 Å². The monoisotopic (exact) mass is 345 g/mol. The molecule has 0 radical (unpaired) electrons. The van der Waals surface area contributed by atoms with Crippen LogP contribution in [0.4, 0.5) is 16.2 Å². The van der Waals surface area contributed by atoms with Gasteiger partial charge < -0.3 is 15.4 Å².